The molecule has 0 bridgehead atoms. The lowest BCUT2D eigenvalue weighted by molar-refractivity contribution is 0.130. The predicted octanol–water partition coefficient (Wildman–Crippen LogP) is 3.37. The minimum absolute atomic E-state index is 0.781. The van der Waals surface area contributed by atoms with Gasteiger partial charge in [-0.25, -0.2) is 8.78 Å². The second kappa shape index (κ2) is 4.40. The first-order chi connectivity index (χ1) is 6.50. The second-order valence-corrected chi connectivity index (χ2v) is 3.59. The van der Waals surface area contributed by atoms with Gasteiger partial charge in [0.2, 0.25) is 0 Å². The summed E-state index contributed by atoms with van der Waals surface area (Å²) in [7, 11) is 0. The molecule has 0 amide bonds. The number of rotatable bonds is 3. The number of nitrogens with one attached hydrogen (secondary N) is 1. The summed E-state index contributed by atoms with van der Waals surface area (Å²) in [6.45, 7) is 5.37. The second-order valence-electron chi connectivity index (χ2n) is 3.59. The van der Waals surface area contributed by atoms with Gasteiger partial charge in [0, 0.05) is 5.69 Å². The molecule has 1 unspecified atom stereocenters. The topological polar surface area (TPSA) is 12.0 Å². The molecule has 1 atom stereocenters. The van der Waals surface area contributed by atoms with Gasteiger partial charge in [0.1, 0.15) is 0 Å². The van der Waals surface area contributed by atoms with Crippen LogP contribution in [0.15, 0.2) is 18.2 Å². The molecule has 78 valence electrons. The van der Waals surface area contributed by atoms with Crippen molar-refractivity contribution in [2.24, 2.45) is 0 Å². The number of alkyl halides is 2. The Morgan fingerprint density at radius 2 is 1.86 bits per heavy atom. The molecule has 0 spiro atoms. The van der Waals surface area contributed by atoms with Gasteiger partial charge in [-0.05, 0) is 32.4 Å². The van der Waals surface area contributed by atoms with Gasteiger partial charge in [0.05, 0.1) is 6.04 Å². The van der Waals surface area contributed by atoms with Crippen LogP contribution in [0.4, 0.5) is 14.5 Å². The minimum Gasteiger partial charge on any atom is -0.377 e. The lowest BCUT2D eigenvalue weighted by atomic mass is 10.1. The fourth-order valence-electron chi connectivity index (χ4n) is 1.28. The summed E-state index contributed by atoms with van der Waals surface area (Å²) in [6, 6.07) is 4.91. The fourth-order valence-corrected chi connectivity index (χ4v) is 1.28. The Morgan fingerprint density at radius 1 is 1.21 bits per heavy atom. The van der Waals surface area contributed by atoms with E-state index < -0.39 is 12.5 Å². The summed E-state index contributed by atoms with van der Waals surface area (Å²) in [5, 5.41) is 2.79. The van der Waals surface area contributed by atoms with Gasteiger partial charge in [-0.1, -0.05) is 17.7 Å². The Morgan fingerprint density at radius 3 is 2.36 bits per heavy atom. The standard InChI is InChI=1S/C11H15F2N/c1-7-4-5-10(8(2)6-7)14-9(3)11(12)13/h4-6,9,11,14H,1-3H3. The van der Waals surface area contributed by atoms with Crippen LogP contribution in [0.5, 0.6) is 0 Å². The summed E-state index contributed by atoms with van der Waals surface area (Å²) in [6.07, 6.45) is -2.34. The monoisotopic (exact) mass is 199 g/mol. The Kier molecular flexibility index (Phi) is 3.44. The van der Waals surface area contributed by atoms with Crippen LogP contribution in [-0.2, 0) is 0 Å². The zero-order valence-corrected chi connectivity index (χ0v) is 8.64. The van der Waals surface area contributed by atoms with Crippen molar-refractivity contribution in [2.75, 3.05) is 5.32 Å². The molecule has 0 saturated heterocycles. The zero-order chi connectivity index (χ0) is 10.7. The van der Waals surface area contributed by atoms with Crippen LogP contribution in [0.3, 0.4) is 0 Å². The maximum absolute atomic E-state index is 12.3. The van der Waals surface area contributed by atoms with Crippen molar-refractivity contribution < 1.29 is 8.78 Å². The van der Waals surface area contributed by atoms with Crippen LogP contribution >= 0.6 is 0 Å². The van der Waals surface area contributed by atoms with Gasteiger partial charge in [-0.2, -0.15) is 0 Å². The van der Waals surface area contributed by atoms with E-state index in [4.69, 9.17) is 0 Å². The van der Waals surface area contributed by atoms with Gasteiger partial charge >= 0.3 is 0 Å². The van der Waals surface area contributed by atoms with E-state index >= 15 is 0 Å². The van der Waals surface area contributed by atoms with Crippen molar-refractivity contribution >= 4 is 5.69 Å². The van der Waals surface area contributed by atoms with E-state index in [0.717, 1.165) is 16.8 Å². The maximum Gasteiger partial charge on any atom is 0.258 e. The van der Waals surface area contributed by atoms with E-state index in [9.17, 15) is 8.78 Å². The van der Waals surface area contributed by atoms with Gasteiger partial charge < -0.3 is 5.32 Å². The van der Waals surface area contributed by atoms with Gasteiger partial charge in [0.15, 0.2) is 0 Å². The average molecular weight is 199 g/mol. The van der Waals surface area contributed by atoms with Crippen molar-refractivity contribution in [1.29, 1.82) is 0 Å². The quantitative estimate of drug-likeness (QED) is 0.787. The average Bonchev–Trinajstić information content (AvgIpc) is 2.09. The molecule has 0 heterocycles. The van der Waals surface area contributed by atoms with Crippen LogP contribution in [0.25, 0.3) is 0 Å². The minimum atomic E-state index is -2.34. The number of hydrogen-bond donors (Lipinski definition) is 1. The Balaban J connectivity index is 2.77. The van der Waals surface area contributed by atoms with E-state index in [2.05, 4.69) is 5.32 Å². The molecule has 0 aliphatic heterocycles. The van der Waals surface area contributed by atoms with Gasteiger partial charge in [-0.15, -0.1) is 0 Å². The fraction of sp³-hybridized carbons (Fsp3) is 0.455. The van der Waals surface area contributed by atoms with Crippen molar-refractivity contribution in [3.05, 3.63) is 29.3 Å². The third-order valence-corrected chi connectivity index (χ3v) is 2.14. The molecule has 0 aromatic heterocycles. The van der Waals surface area contributed by atoms with E-state index in [0.29, 0.717) is 0 Å². The lowest BCUT2D eigenvalue weighted by Gasteiger charge is -2.16. The molecule has 0 aliphatic rings. The normalized spacial score (nSPS) is 13.0. The molecule has 3 heteroatoms. The molecule has 0 fully saturated rings. The first-order valence-electron chi connectivity index (χ1n) is 4.62. The van der Waals surface area contributed by atoms with E-state index in [1.54, 1.807) is 0 Å². The summed E-state index contributed by atoms with van der Waals surface area (Å²) >= 11 is 0. The Labute approximate surface area is 83.1 Å². The first-order valence-corrected chi connectivity index (χ1v) is 4.62. The molecular weight excluding hydrogens is 184 g/mol. The number of hydrogen-bond acceptors (Lipinski definition) is 1. The van der Waals surface area contributed by atoms with Crippen LogP contribution in [0, 0.1) is 13.8 Å². The molecule has 1 aromatic rings. The third-order valence-electron chi connectivity index (χ3n) is 2.14. The molecule has 14 heavy (non-hydrogen) atoms. The SMILES string of the molecule is Cc1ccc(NC(C)C(F)F)c(C)c1. The smallest absolute Gasteiger partial charge is 0.258 e. The highest BCUT2D eigenvalue weighted by Gasteiger charge is 2.14. The number of benzene rings is 1. The zero-order valence-electron chi connectivity index (χ0n) is 8.64. The molecule has 1 N–H and O–H groups in total. The summed E-state index contributed by atoms with van der Waals surface area (Å²) in [4.78, 5) is 0. The van der Waals surface area contributed by atoms with Crippen LogP contribution in [-0.4, -0.2) is 12.5 Å². The predicted molar refractivity (Wildman–Crippen MR) is 55.0 cm³/mol. The molecular formula is C11H15F2N. The van der Waals surface area contributed by atoms with Gasteiger partial charge in [0.25, 0.3) is 6.43 Å². The highest BCUT2D eigenvalue weighted by atomic mass is 19.3. The summed E-state index contributed by atoms with van der Waals surface area (Å²) in [5.74, 6) is 0. The molecule has 1 aromatic carbocycles. The van der Waals surface area contributed by atoms with Crippen molar-refractivity contribution in [2.45, 2.75) is 33.2 Å². The van der Waals surface area contributed by atoms with Gasteiger partial charge in [-0.3, -0.25) is 0 Å². The van der Waals surface area contributed by atoms with Crippen LogP contribution in [0.1, 0.15) is 18.1 Å². The first kappa shape index (κ1) is 11.0. The number of halogens is 2. The maximum atomic E-state index is 12.3. The summed E-state index contributed by atoms with van der Waals surface area (Å²) in [5.41, 5.74) is 2.92. The van der Waals surface area contributed by atoms with Crippen LogP contribution < -0.4 is 5.32 Å². The third kappa shape index (κ3) is 2.69. The number of anilines is 1. The molecule has 0 radical (unpaired) electrons. The summed E-state index contributed by atoms with van der Waals surface area (Å²) < 4.78 is 24.5. The lowest BCUT2D eigenvalue weighted by Crippen LogP contribution is -2.24. The largest absolute Gasteiger partial charge is 0.377 e. The van der Waals surface area contributed by atoms with E-state index in [1.165, 1.54) is 6.92 Å². The Bertz CT molecular complexity index is 310. The van der Waals surface area contributed by atoms with E-state index in [1.807, 2.05) is 32.0 Å². The molecule has 0 saturated carbocycles. The highest BCUT2D eigenvalue weighted by molar-refractivity contribution is 5.52. The Hall–Kier alpha value is -1.12. The molecule has 1 rings (SSSR count). The van der Waals surface area contributed by atoms with Crippen molar-refractivity contribution in [1.82, 2.24) is 0 Å². The van der Waals surface area contributed by atoms with Crippen LogP contribution in [0.2, 0.25) is 0 Å². The number of aryl methyl sites for hydroxylation is 2. The molecule has 1 nitrogen and oxygen atoms in total. The van der Waals surface area contributed by atoms with Crippen molar-refractivity contribution in [3.63, 3.8) is 0 Å². The molecule has 0 aliphatic carbocycles. The highest BCUT2D eigenvalue weighted by Crippen LogP contribution is 2.18. The van der Waals surface area contributed by atoms with E-state index in [-0.39, 0.29) is 0 Å². The van der Waals surface area contributed by atoms with Crippen molar-refractivity contribution in [3.8, 4) is 0 Å².